The normalized spacial score (nSPS) is 35.5. The Bertz CT molecular complexity index is 1140. The molecule has 0 aromatic carbocycles. The highest BCUT2D eigenvalue weighted by Gasteiger charge is 2.62. The summed E-state index contributed by atoms with van der Waals surface area (Å²) in [5, 5.41) is 9.79. The molecule has 7 atom stereocenters. The van der Waals surface area contributed by atoms with Crippen LogP contribution in [0.1, 0.15) is 120 Å². The van der Waals surface area contributed by atoms with Gasteiger partial charge in [0.1, 0.15) is 6.07 Å². The zero-order chi connectivity index (χ0) is 30.3. The predicted octanol–water partition coefficient (Wildman–Crippen LogP) is 8.19. The van der Waals surface area contributed by atoms with Crippen LogP contribution in [0.15, 0.2) is 23.3 Å². The van der Waals surface area contributed by atoms with Crippen molar-refractivity contribution in [2.75, 3.05) is 7.11 Å². The number of hydrogen-bond donors (Lipinski definition) is 0. The minimum Gasteiger partial charge on any atom is -0.469 e. The van der Waals surface area contributed by atoms with Gasteiger partial charge in [0.15, 0.2) is 11.6 Å². The highest BCUT2D eigenvalue weighted by Crippen LogP contribution is 2.68. The molecule has 1 unspecified atom stereocenters. The number of nitrogens with zero attached hydrogens (tertiary/aromatic N) is 1. The van der Waals surface area contributed by atoms with Crippen LogP contribution in [0.5, 0.6) is 0 Å². The summed E-state index contributed by atoms with van der Waals surface area (Å²) in [4.78, 5) is 38.8. The number of methoxy groups -OCH3 is 1. The Kier molecular flexibility index (Phi) is 9.06. The number of fused-ring (bicyclic) bond motifs is 3. The summed E-state index contributed by atoms with van der Waals surface area (Å²) in [7, 11) is 1.45. The molecule has 0 bridgehead atoms. The number of carbonyl (C=O) groups is 3. The molecule has 0 aromatic rings. The lowest BCUT2D eigenvalue weighted by Gasteiger charge is -2.63. The Labute approximate surface area is 243 Å². The molecule has 0 saturated heterocycles. The molecule has 0 amide bonds. The summed E-state index contributed by atoms with van der Waals surface area (Å²) in [5.74, 6) is -0.374. The lowest BCUT2D eigenvalue weighted by atomic mass is 9.40. The molecule has 0 radical (unpaired) electrons. The van der Waals surface area contributed by atoms with Gasteiger partial charge >= 0.3 is 5.97 Å². The van der Waals surface area contributed by atoms with Crippen molar-refractivity contribution in [3.63, 3.8) is 0 Å². The van der Waals surface area contributed by atoms with E-state index in [0.29, 0.717) is 6.42 Å². The summed E-state index contributed by atoms with van der Waals surface area (Å²) < 4.78 is 5.00. The van der Waals surface area contributed by atoms with Crippen LogP contribution in [-0.2, 0) is 19.1 Å². The fourth-order valence-corrected chi connectivity index (χ4v) is 8.23. The van der Waals surface area contributed by atoms with Gasteiger partial charge in [-0.1, -0.05) is 80.4 Å². The Balaban J connectivity index is 2.01. The van der Waals surface area contributed by atoms with E-state index >= 15 is 0 Å². The molecule has 0 N–H and O–H groups in total. The van der Waals surface area contributed by atoms with Gasteiger partial charge in [-0.3, -0.25) is 14.4 Å². The average Bonchev–Trinajstić information content (AvgIpc) is 2.92. The third kappa shape index (κ3) is 5.49. The summed E-state index contributed by atoms with van der Waals surface area (Å²) >= 11 is 0. The highest BCUT2D eigenvalue weighted by molar-refractivity contribution is 6.02. The number of allylic oxidation sites excluding steroid dienone is 4. The van der Waals surface area contributed by atoms with Crippen molar-refractivity contribution in [1.82, 2.24) is 0 Å². The van der Waals surface area contributed by atoms with Crippen LogP contribution in [-0.4, -0.2) is 24.6 Å². The Morgan fingerprint density at radius 3 is 2.33 bits per heavy atom. The maximum absolute atomic E-state index is 13.7. The third-order valence-electron chi connectivity index (χ3n) is 12.4. The zero-order valence-corrected chi connectivity index (χ0v) is 26.8. The van der Waals surface area contributed by atoms with Crippen LogP contribution in [0.3, 0.4) is 0 Å². The molecule has 0 spiro atoms. The van der Waals surface area contributed by atoms with Crippen molar-refractivity contribution in [1.29, 1.82) is 5.26 Å². The van der Waals surface area contributed by atoms with Crippen molar-refractivity contribution < 1.29 is 19.1 Å². The van der Waals surface area contributed by atoms with Gasteiger partial charge in [0.05, 0.1) is 12.7 Å². The first-order valence-electron chi connectivity index (χ1n) is 15.4. The fourth-order valence-electron chi connectivity index (χ4n) is 8.23. The molecule has 3 rings (SSSR count). The largest absolute Gasteiger partial charge is 0.469 e. The molecular formula is C35H53NO4. The molecule has 5 heteroatoms. The second kappa shape index (κ2) is 11.2. The number of carbonyl (C=O) groups excluding carboxylic acids is 3. The number of esters is 1. The molecule has 222 valence electrons. The van der Waals surface area contributed by atoms with Crippen LogP contribution in [0.4, 0.5) is 0 Å². The van der Waals surface area contributed by atoms with Crippen molar-refractivity contribution in [2.24, 2.45) is 44.8 Å². The molecule has 40 heavy (non-hydrogen) atoms. The summed E-state index contributed by atoms with van der Waals surface area (Å²) in [5.41, 5.74) is 0.497. The first kappa shape index (κ1) is 32.3. The quantitative estimate of drug-likeness (QED) is 0.256. The van der Waals surface area contributed by atoms with E-state index in [1.54, 1.807) is 0 Å². The summed E-state index contributed by atoms with van der Waals surface area (Å²) in [6.45, 7) is 20.0. The smallest absolute Gasteiger partial charge is 0.305 e. The van der Waals surface area contributed by atoms with Crippen molar-refractivity contribution in [3.8, 4) is 6.07 Å². The van der Waals surface area contributed by atoms with Gasteiger partial charge in [0.25, 0.3) is 0 Å². The van der Waals surface area contributed by atoms with Crippen LogP contribution >= 0.6 is 0 Å². The van der Waals surface area contributed by atoms with E-state index in [9.17, 15) is 19.6 Å². The van der Waals surface area contributed by atoms with Crippen LogP contribution in [0.2, 0.25) is 0 Å². The van der Waals surface area contributed by atoms with E-state index in [1.807, 2.05) is 19.1 Å². The van der Waals surface area contributed by atoms with E-state index in [4.69, 9.17) is 4.74 Å². The minimum absolute atomic E-state index is 0.0507. The number of hydrogen-bond acceptors (Lipinski definition) is 5. The molecule has 1 fully saturated rings. The van der Waals surface area contributed by atoms with Crippen molar-refractivity contribution in [2.45, 2.75) is 120 Å². The van der Waals surface area contributed by atoms with E-state index < -0.39 is 5.41 Å². The van der Waals surface area contributed by atoms with E-state index in [-0.39, 0.29) is 62.5 Å². The first-order valence-corrected chi connectivity index (χ1v) is 15.4. The molecule has 0 aromatic heterocycles. The lowest BCUT2D eigenvalue weighted by molar-refractivity contribution is -0.141. The van der Waals surface area contributed by atoms with Gasteiger partial charge in [-0.05, 0) is 78.6 Å². The van der Waals surface area contributed by atoms with E-state index in [0.717, 1.165) is 56.9 Å². The van der Waals surface area contributed by atoms with Gasteiger partial charge in [-0.2, -0.15) is 5.26 Å². The second-order valence-corrected chi connectivity index (χ2v) is 15.1. The number of ether oxygens (including phenoxy) is 1. The molecular weight excluding hydrogens is 498 g/mol. The minimum atomic E-state index is -0.498. The van der Waals surface area contributed by atoms with Gasteiger partial charge in [0, 0.05) is 23.7 Å². The average molecular weight is 552 g/mol. The van der Waals surface area contributed by atoms with Crippen molar-refractivity contribution in [3.05, 3.63) is 23.3 Å². The molecule has 0 aliphatic heterocycles. The van der Waals surface area contributed by atoms with E-state index in [1.165, 1.54) is 7.11 Å². The standard InChI is InChI=1S/C35H53NO4/c1-11-31(4,5)16-17-32(6,14-13-29(38)40-10)18-19-34(8)24(3)27(37)20-28-33(7)21-25(22-36)30(39)23(2)26(33)12-15-35(28,34)9/h20-21,23-24,26H,11-19H2,1-10H3/t23-,24?,26-,32-,33-,34+,35+/m0/s1. The third-order valence-corrected chi connectivity index (χ3v) is 12.4. The second-order valence-electron chi connectivity index (χ2n) is 15.1. The summed E-state index contributed by atoms with van der Waals surface area (Å²) in [6.07, 6.45) is 11.8. The molecule has 1 saturated carbocycles. The van der Waals surface area contributed by atoms with E-state index in [2.05, 4.69) is 61.5 Å². The van der Waals surface area contributed by atoms with Gasteiger partial charge < -0.3 is 4.74 Å². The van der Waals surface area contributed by atoms with Crippen LogP contribution < -0.4 is 0 Å². The number of ketones is 2. The molecule has 0 heterocycles. The van der Waals surface area contributed by atoms with Crippen LogP contribution in [0.25, 0.3) is 0 Å². The fraction of sp³-hybridized carbons (Fsp3) is 0.771. The SMILES string of the molecule is CCC(C)(C)CC[C@](C)(CCC(=O)OC)CC[C@]1(C)C(C)C(=O)C=C2[C@@]3(C)C=C(C#N)C(=O)[C@@H](C)[C@@H]3CC[C@]21C. The Morgan fingerprint density at radius 2 is 1.75 bits per heavy atom. The summed E-state index contributed by atoms with van der Waals surface area (Å²) in [6, 6.07) is 2.16. The molecule has 3 aliphatic carbocycles. The predicted molar refractivity (Wildman–Crippen MR) is 159 cm³/mol. The lowest BCUT2D eigenvalue weighted by Crippen LogP contribution is -2.58. The maximum Gasteiger partial charge on any atom is 0.305 e. The van der Waals surface area contributed by atoms with Gasteiger partial charge in [-0.25, -0.2) is 0 Å². The van der Waals surface area contributed by atoms with Crippen LogP contribution in [0, 0.1) is 56.2 Å². The number of Topliss-reactive ketones (excluding diaryl/α,β-unsaturated/α-hetero) is 1. The maximum atomic E-state index is 13.7. The highest BCUT2D eigenvalue weighted by atomic mass is 16.5. The first-order chi connectivity index (χ1) is 18.4. The molecule has 3 aliphatic rings. The zero-order valence-electron chi connectivity index (χ0n) is 26.8. The number of nitriles is 1. The Morgan fingerprint density at radius 1 is 1.10 bits per heavy atom. The number of rotatable bonds is 10. The monoisotopic (exact) mass is 551 g/mol. The van der Waals surface area contributed by atoms with Gasteiger partial charge in [-0.15, -0.1) is 0 Å². The van der Waals surface area contributed by atoms with Gasteiger partial charge in [0.2, 0.25) is 0 Å². The topological polar surface area (TPSA) is 84.2 Å². The van der Waals surface area contributed by atoms with Crippen molar-refractivity contribution >= 4 is 17.5 Å². The Hall–Kier alpha value is -2.22. The molecule has 5 nitrogen and oxygen atoms in total.